The molecule has 1 atom stereocenters. The Morgan fingerprint density at radius 3 is 2.93 bits per heavy atom. The molecule has 1 aliphatic heterocycles. The lowest BCUT2D eigenvalue weighted by Gasteiger charge is -2.10. The molecule has 0 fully saturated rings. The van der Waals surface area contributed by atoms with E-state index < -0.39 is 11.8 Å². The number of nitrogens with one attached hydrogen (secondary N) is 2. The quantitative estimate of drug-likeness (QED) is 0.625. The van der Waals surface area contributed by atoms with Gasteiger partial charge in [0, 0.05) is 29.8 Å². The molecule has 0 saturated heterocycles. The summed E-state index contributed by atoms with van der Waals surface area (Å²) in [6.07, 6.45) is 5.40. The molecule has 0 radical (unpaired) electrons. The zero-order chi connectivity index (χ0) is 19.2. The Kier molecular flexibility index (Phi) is 5.71. The summed E-state index contributed by atoms with van der Waals surface area (Å²) in [5.74, 6) is 0.522. The van der Waals surface area contributed by atoms with Crippen LogP contribution in [0.15, 0.2) is 42.6 Å². The molecule has 1 aromatic heterocycles. The van der Waals surface area contributed by atoms with Crippen LogP contribution < -0.4 is 20.3 Å². The fourth-order valence-electron chi connectivity index (χ4n) is 2.75. The van der Waals surface area contributed by atoms with Crippen molar-refractivity contribution >= 4 is 17.9 Å². The van der Waals surface area contributed by atoms with E-state index in [9.17, 15) is 9.59 Å². The summed E-state index contributed by atoms with van der Waals surface area (Å²) < 4.78 is 11.4. The van der Waals surface area contributed by atoms with Crippen LogP contribution in [0.3, 0.4) is 0 Å². The van der Waals surface area contributed by atoms with Crippen LogP contribution in [0.25, 0.3) is 6.08 Å². The number of hydrazine groups is 1. The molecule has 7 heteroatoms. The summed E-state index contributed by atoms with van der Waals surface area (Å²) >= 11 is 0. The minimum Gasteiger partial charge on any atom is -0.493 e. The number of hydrogen-bond donors (Lipinski definition) is 2. The first-order valence-corrected chi connectivity index (χ1v) is 8.72. The second kappa shape index (κ2) is 8.35. The van der Waals surface area contributed by atoms with Crippen LogP contribution in [0.1, 0.15) is 35.5 Å². The van der Waals surface area contributed by atoms with E-state index in [4.69, 9.17) is 9.47 Å². The third-order valence-electron chi connectivity index (χ3n) is 3.94. The van der Waals surface area contributed by atoms with Crippen LogP contribution in [0, 0.1) is 0 Å². The van der Waals surface area contributed by atoms with E-state index in [1.165, 1.54) is 12.3 Å². The third kappa shape index (κ3) is 4.63. The summed E-state index contributed by atoms with van der Waals surface area (Å²) in [4.78, 5) is 27.8. The first-order valence-electron chi connectivity index (χ1n) is 8.72. The molecule has 2 heterocycles. The van der Waals surface area contributed by atoms with Gasteiger partial charge in [-0.25, -0.2) is 0 Å². The highest BCUT2D eigenvalue weighted by Crippen LogP contribution is 2.35. The van der Waals surface area contributed by atoms with Gasteiger partial charge in [-0.15, -0.1) is 0 Å². The first kappa shape index (κ1) is 18.4. The highest BCUT2D eigenvalue weighted by molar-refractivity contribution is 5.97. The first-order chi connectivity index (χ1) is 13.1. The summed E-state index contributed by atoms with van der Waals surface area (Å²) in [6, 6.07) is 8.75. The molecule has 2 N–H and O–H groups in total. The van der Waals surface area contributed by atoms with Crippen molar-refractivity contribution in [1.82, 2.24) is 15.8 Å². The number of carbonyl (C=O) groups excluding carboxylic acids is 2. The fourth-order valence-corrected chi connectivity index (χ4v) is 2.75. The molecule has 2 amide bonds. The zero-order valence-electron chi connectivity index (χ0n) is 15.2. The average molecular weight is 367 g/mol. The maximum atomic E-state index is 12.0. The van der Waals surface area contributed by atoms with Crippen molar-refractivity contribution < 1.29 is 19.1 Å². The largest absolute Gasteiger partial charge is 0.493 e. The van der Waals surface area contributed by atoms with Gasteiger partial charge in [-0.05, 0) is 44.2 Å². The van der Waals surface area contributed by atoms with Gasteiger partial charge in [-0.1, -0.05) is 6.07 Å². The molecule has 1 aromatic carbocycles. The number of benzene rings is 1. The van der Waals surface area contributed by atoms with E-state index in [1.54, 1.807) is 24.3 Å². The maximum Gasteiger partial charge on any atom is 0.288 e. The van der Waals surface area contributed by atoms with E-state index in [0.717, 1.165) is 23.3 Å². The van der Waals surface area contributed by atoms with Gasteiger partial charge in [-0.3, -0.25) is 25.4 Å². The van der Waals surface area contributed by atoms with Gasteiger partial charge in [0.05, 0.1) is 6.61 Å². The van der Waals surface area contributed by atoms with E-state index in [1.807, 2.05) is 26.0 Å². The van der Waals surface area contributed by atoms with Gasteiger partial charge >= 0.3 is 0 Å². The second-order valence-electron chi connectivity index (χ2n) is 6.06. The minimum atomic E-state index is -0.493. The lowest BCUT2D eigenvalue weighted by molar-refractivity contribution is -0.117. The van der Waals surface area contributed by atoms with Gasteiger partial charge < -0.3 is 9.47 Å². The molecule has 140 valence electrons. The van der Waals surface area contributed by atoms with Gasteiger partial charge in [-0.2, -0.15) is 0 Å². The van der Waals surface area contributed by atoms with Crippen LogP contribution in [0.4, 0.5) is 0 Å². The van der Waals surface area contributed by atoms with Gasteiger partial charge in [0.15, 0.2) is 0 Å². The molecule has 0 aliphatic carbocycles. The highest BCUT2D eigenvalue weighted by atomic mass is 16.5. The van der Waals surface area contributed by atoms with E-state index in [-0.39, 0.29) is 11.8 Å². The Morgan fingerprint density at radius 2 is 2.19 bits per heavy atom. The van der Waals surface area contributed by atoms with Crippen molar-refractivity contribution in [2.45, 2.75) is 26.4 Å². The Morgan fingerprint density at radius 1 is 1.33 bits per heavy atom. The van der Waals surface area contributed by atoms with Crippen LogP contribution in [-0.4, -0.2) is 29.5 Å². The van der Waals surface area contributed by atoms with E-state index >= 15 is 0 Å². The highest BCUT2D eigenvalue weighted by Gasteiger charge is 2.21. The standard InChI is InChI=1S/C20H21N3O4/c1-3-26-17-12-15-10-13(2)27-18(15)11-14(17)7-8-19(24)22-23-20(25)16-6-4-5-9-21-16/h4-9,11-13H,3,10H2,1-2H3,(H,22,24)(H,23,25)/b8-7+/t13-/m0/s1. The van der Waals surface area contributed by atoms with Crippen molar-refractivity contribution in [3.05, 3.63) is 59.4 Å². The fraction of sp³-hybridized carbons (Fsp3) is 0.250. The molecule has 0 unspecified atom stereocenters. The number of hydrogen-bond acceptors (Lipinski definition) is 5. The van der Waals surface area contributed by atoms with Crippen molar-refractivity contribution in [2.24, 2.45) is 0 Å². The molecule has 7 nitrogen and oxygen atoms in total. The monoisotopic (exact) mass is 367 g/mol. The van der Waals surface area contributed by atoms with Crippen LogP contribution in [0.5, 0.6) is 11.5 Å². The number of pyridine rings is 1. The molecular formula is C20H21N3O4. The lowest BCUT2D eigenvalue weighted by Crippen LogP contribution is -2.41. The van der Waals surface area contributed by atoms with Gasteiger partial charge in [0.1, 0.15) is 23.3 Å². The number of fused-ring (bicyclic) bond motifs is 1. The molecular weight excluding hydrogens is 346 g/mol. The number of aromatic nitrogens is 1. The summed E-state index contributed by atoms with van der Waals surface area (Å²) in [7, 11) is 0. The van der Waals surface area contributed by atoms with Crippen molar-refractivity contribution in [3.63, 3.8) is 0 Å². The molecule has 0 saturated carbocycles. The van der Waals surface area contributed by atoms with Gasteiger partial charge in [0.25, 0.3) is 11.8 Å². The molecule has 1 aliphatic rings. The van der Waals surface area contributed by atoms with Crippen LogP contribution >= 0.6 is 0 Å². The van der Waals surface area contributed by atoms with E-state index in [2.05, 4.69) is 15.8 Å². The summed E-state index contributed by atoms with van der Waals surface area (Å²) in [5, 5.41) is 0. The number of amides is 2. The van der Waals surface area contributed by atoms with Crippen molar-refractivity contribution in [1.29, 1.82) is 0 Å². The van der Waals surface area contributed by atoms with Crippen molar-refractivity contribution in [3.8, 4) is 11.5 Å². The lowest BCUT2D eigenvalue weighted by atomic mass is 10.1. The number of ether oxygens (including phenoxy) is 2. The molecule has 0 spiro atoms. The average Bonchev–Trinajstić information content (AvgIpc) is 3.04. The third-order valence-corrected chi connectivity index (χ3v) is 3.94. The van der Waals surface area contributed by atoms with E-state index in [0.29, 0.717) is 12.4 Å². The zero-order valence-corrected chi connectivity index (χ0v) is 15.2. The minimum absolute atomic E-state index is 0.124. The number of rotatable bonds is 5. The topological polar surface area (TPSA) is 89.6 Å². The predicted octanol–water partition coefficient (Wildman–Crippen LogP) is 2.28. The second-order valence-corrected chi connectivity index (χ2v) is 6.06. The summed E-state index contributed by atoms with van der Waals surface area (Å²) in [5.41, 5.74) is 6.68. The number of carbonyl (C=O) groups is 2. The smallest absolute Gasteiger partial charge is 0.288 e. The van der Waals surface area contributed by atoms with Crippen molar-refractivity contribution in [2.75, 3.05) is 6.61 Å². The normalized spacial score (nSPS) is 15.1. The summed E-state index contributed by atoms with van der Waals surface area (Å²) in [6.45, 7) is 4.43. The predicted molar refractivity (Wildman–Crippen MR) is 100 cm³/mol. The maximum absolute atomic E-state index is 12.0. The Balaban J connectivity index is 1.65. The Labute approximate surface area is 157 Å². The Bertz CT molecular complexity index is 865. The molecule has 0 bridgehead atoms. The molecule has 2 aromatic rings. The van der Waals surface area contributed by atoms with Crippen LogP contribution in [0.2, 0.25) is 0 Å². The van der Waals surface area contributed by atoms with Crippen LogP contribution in [-0.2, 0) is 11.2 Å². The van der Waals surface area contributed by atoms with Gasteiger partial charge in [0.2, 0.25) is 0 Å². The SMILES string of the molecule is CCOc1cc2c(cc1/C=C/C(=O)NNC(=O)c1ccccn1)O[C@@H](C)C2. The number of nitrogens with zero attached hydrogens (tertiary/aromatic N) is 1. The Hall–Kier alpha value is -3.35. The molecule has 3 rings (SSSR count). The molecule has 27 heavy (non-hydrogen) atoms.